The summed E-state index contributed by atoms with van der Waals surface area (Å²) in [5.41, 5.74) is -2.27. The van der Waals surface area contributed by atoms with Gasteiger partial charge in [0.05, 0.1) is 30.0 Å². The lowest BCUT2D eigenvalue weighted by atomic mass is 9.76. The Morgan fingerprint density at radius 3 is 2.30 bits per heavy atom. The van der Waals surface area contributed by atoms with Gasteiger partial charge in [0.2, 0.25) is 0 Å². The SMILES string of the molecule is CC[C@H]1OC(=O)O[C@@]1(C)[C@@H]1OC(=O)[C@H](C)C(=O)[C@H](C)[C@@H](O[C@@H]2OC(C)CC(N(C)C)C2OC(C)=O)[C@]2(C)CC(C)C(O2)[C@@H]1C. The smallest absolute Gasteiger partial charge is 0.457 e. The molecule has 0 aromatic heterocycles. The van der Waals surface area contributed by atoms with Crippen molar-refractivity contribution in [3.05, 3.63) is 0 Å². The average Bonchev–Trinajstić information content (AvgIpc) is 3.42. The molecule has 44 heavy (non-hydrogen) atoms. The third-order valence-electron chi connectivity index (χ3n) is 10.2. The van der Waals surface area contributed by atoms with Crippen molar-refractivity contribution in [2.45, 2.75) is 142 Å². The van der Waals surface area contributed by atoms with Gasteiger partial charge in [-0.3, -0.25) is 14.4 Å². The van der Waals surface area contributed by atoms with Crippen LogP contribution in [0.2, 0.25) is 0 Å². The third-order valence-corrected chi connectivity index (χ3v) is 10.2. The largest absolute Gasteiger partial charge is 0.509 e. The van der Waals surface area contributed by atoms with Crippen molar-refractivity contribution in [3.63, 3.8) is 0 Å². The number of Topliss-reactive ketones (excluding diaryl/α,β-unsaturated/α-hetero) is 1. The molecule has 0 spiro atoms. The summed E-state index contributed by atoms with van der Waals surface area (Å²) >= 11 is 0. The second kappa shape index (κ2) is 12.8. The lowest BCUT2D eigenvalue weighted by molar-refractivity contribution is -0.298. The van der Waals surface area contributed by atoms with Gasteiger partial charge in [-0.25, -0.2) is 4.79 Å². The highest BCUT2D eigenvalue weighted by molar-refractivity contribution is 6.00. The minimum atomic E-state index is -1.29. The van der Waals surface area contributed by atoms with Crippen LogP contribution in [0.25, 0.3) is 0 Å². The van der Waals surface area contributed by atoms with Crippen LogP contribution in [0.4, 0.5) is 4.79 Å². The molecule has 0 N–H and O–H groups in total. The quantitative estimate of drug-likeness (QED) is 0.242. The zero-order chi connectivity index (χ0) is 32.9. The Morgan fingerprint density at radius 1 is 1.05 bits per heavy atom. The summed E-state index contributed by atoms with van der Waals surface area (Å²) < 4.78 is 42.9. The van der Waals surface area contributed by atoms with E-state index in [1.54, 1.807) is 13.8 Å². The van der Waals surface area contributed by atoms with E-state index in [0.717, 1.165) is 0 Å². The van der Waals surface area contributed by atoms with Crippen molar-refractivity contribution in [1.82, 2.24) is 4.90 Å². The van der Waals surface area contributed by atoms with Gasteiger partial charge in [0, 0.05) is 18.8 Å². The molecule has 0 aromatic rings. The number of likely N-dealkylation sites (N-methyl/N-ethyl adjacent to an activating group) is 1. The first kappa shape index (κ1) is 34.6. The number of rotatable bonds is 6. The summed E-state index contributed by atoms with van der Waals surface area (Å²) in [4.78, 5) is 54.1. The van der Waals surface area contributed by atoms with E-state index in [4.69, 9.17) is 33.2 Å². The van der Waals surface area contributed by atoms with Crippen molar-refractivity contribution in [1.29, 1.82) is 0 Å². The molecular formula is C32H51NO11. The molecule has 0 radical (unpaired) electrons. The van der Waals surface area contributed by atoms with Crippen LogP contribution < -0.4 is 0 Å². The van der Waals surface area contributed by atoms with Crippen LogP contribution in [-0.4, -0.2) is 103 Å². The molecule has 2 bridgehead atoms. The summed E-state index contributed by atoms with van der Waals surface area (Å²) in [6, 6.07) is -0.191. The first-order valence-electron chi connectivity index (χ1n) is 15.9. The Labute approximate surface area is 260 Å². The maximum Gasteiger partial charge on any atom is 0.509 e. The van der Waals surface area contributed by atoms with Crippen LogP contribution in [0.5, 0.6) is 0 Å². The van der Waals surface area contributed by atoms with Gasteiger partial charge < -0.3 is 38.1 Å². The van der Waals surface area contributed by atoms with Gasteiger partial charge in [-0.05, 0) is 67.0 Å². The lowest BCUT2D eigenvalue weighted by Crippen LogP contribution is -2.59. The average molecular weight is 626 g/mol. The molecule has 4 heterocycles. The molecule has 5 unspecified atom stereocenters. The highest BCUT2D eigenvalue weighted by Crippen LogP contribution is 2.48. The Balaban J connectivity index is 1.76. The number of cyclic esters (lactones) is 3. The molecule has 0 aliphatic carbocycles. The van der Waals surface area contributed by atoms with E-state index < -0.39 is 83.9 Å². The van der Waals surface area contributed by atoms with Gasteiger partial charge in [-0.1, -0.05) is 27.7 Å². The van der Waals surface area contributed by atoms with E-state index in [1.807, 2.05) is 53.6 Å². The molecule has 12 heteroatoms. The first-order valence-corrected chi connectivity index (χ1v) is 15.9. The van der Waals surface area contributed by atoms with Crippen molar-refractivity contribution < 1.29 is 52.3 Å². The molecule has 250 valence electrons. The standard InChI is InChI=1S/C32H51NO11/c1-12-22-32(9,44-30(37)40-22)27-19(6)24-15(2)14-31(8,43-24)26(17(4)23(35)18(5)28(36)41-27)42-29-25(39-20(7)34)21(33(10)11)13-16(3)38-29/h15-19,21-22,24-27,29H,12-14H2,1-11H3/t15?,16?,17-,18+,19-,21?,22+,24?,25?,26+,27+,29-,31-,32+/m0/s1. The van der Waals surface area contributed by atoms with Crippen LogP contribution in [0.15, 0.2) is 0 Å². The first-order chi connectivity index (χ1) is 20.4. The van der Waals surface area contributed by atoms with Crippen molar-refractivity contribution >= 4 is 23.9 Å². The maximum atomic E-state index is 14.0. The lowest BCUT2D eigenvalue weighted by Gasteiger charge is -2.46. The van der Waals surface area contributed by atoms with Crippen molar-refractivity contribution in [2.75, 3.05) is 14.1 Å². The number of esters is 2. The van der Waals surface area contributed by atoms with Crippen LogP contribution in [0.1, 0.15) is 81.6 Å². The van der Waals surface area contributed by atoms with E-state index >= 15 is 0 Å². The van der Waals surface area contributed by atoms with E-state index in [0.29, 0.717) is 19.3 Å². The normalized spacial score (nSPS) is 46.6. The number of ketones is 1. The van der Waals surface area contributed by atoms with E-state index in [2.05, 4.69) is 0 Å². The predicted octanol–water partition coefficient (Wildman–Crippen LogP) is 3.66. The second-order valence-corrected chi connectivity index (χ2v) is 14.0. The van der Waals surface area contributed by atoms with Crippen LogP contribution in [0, 0.1) is 23.7 Å². The maximum absolute atomic E-state index is 14.0. The number of hydrogen-bond donors (Lipinski definition) is 0. The Hall–Kier alpha value is -2.28. The van der Waals surface area contributed by atoms with Crippen molar-refractivity contribution in [3.8, 4) is 0 Å². The summed E-state index contributed by atoms with van der Waals surface area (Å²) in [5, 5.41) is 0. The summed E-state index contributed by atoms with van der Waals surface area (Å²) in [7, 11) is 3.81. The zero-order valence-electron chi connectivity index (χ0n) is 28.0. The highest BCUT2D eigenvalue weighted by atomic mass is 16.8. The summed E-state index contributed by atoms with van der Waals surface area (Å²) in [6.45, 7) is 15.9. The Kier molecular flexibility index (Phi) is 10.1. The van der Waals surface area contributed by atoms with Crippen molar-refractivity contribution in [2.24, 2.45) is 23.7 Å². The molecule has 14 atom stereocenters. The van der Waals surface area contributed by atoms with Gasteiger partial charge in [-0.2, -0.15) is 0 Å². The number of carbonyl (C=O) groups is 4. The topological polar surface area (TPSA) is 136 Å². The summed E-state index contributed by atoms with van der Waals surface area (Å²) in [6.07, 6.45) is -4.09. The van der Waals surface area contributed by atoms with Gasteiger partial charge in [0.25, 0.3) is 0 Å². The van der Waals surface area contributed by atoms with E-state index in [-0.39, 0.29) is 23.8 Å². The monoisotopic (exact) mass is 625 g/mol. The summed E-state index contributed by atoms with van der Waals surface area (Å²) in [5.74, 6) is -4.03. The molecule has 4 aliphatic heterocycles. The van der Waals surface area contributed by atoms with Crippen LogP contribution >= 0.6 is 0 Å². The van der Waals surface area contributed by atoms with Crippen LogP contribution in [-0.2, 0) is 47.5 Å². The molecule has 4 fully saturated rings. The van der Waals surface area contributed by atoms with Gasteiger partial charge in [0.1, 0.15) is 18.1 Å². The van der Waals surface area contributed by atoms with E-state index in [1.165, 1.54) is 13.8 Å². The molecule has 0 saturated carbocycles. The number of fused-ring (bicyclic) bond motifs is 2. The van der Waals surface area contributed by atoms with E-state index in [9.17, 15) is 19.2 Å². The van der Waals surface area contributed by atoms with Gasteiger partial charge >= 0.3 is 18.1 Å². The second-order valence-electron chi connectivity index (χ2n) is 14.0. The predicted molar refractivity (Wildman–Crippen MR) is 156 cm³/mol. The Morgan fingerprint density at radius 2 is 1.70 bits per heavy atom. The molecule has 12 nitrogen and oxygen atoms in total. The fourth-order valence-corrected chi connectivity index (χ4v) is 7.97. The Bertz CT molecular complexity index is 1110. The number of ether oxygens (including phenoxy) is 7. The fourth-order valence-electron chi connectivity index (χ4n) is 7.97. The molecule has 0 amide bonds. The fraction of sp³-hybridized carbons (Fsp3) is 0.875. The molecule has 4 aliphatic rings. The van der Waals surface area contributed by atoms with Gasteiger partial charge in [-0.15, -0.1) is 0 Å². The number of hydrogen-bond acceptors (Lipinski definition) is 12. The minimum Gasteiger partial charge on any atom is -0.457 e. The zero-order valence-corrected chi connectivity index (χ0v) is 28.0. The molecular weight excluding hydrogens is 574 g/mol. The number of carbonyl (C=O) groups excluding carboxylic acids is 4. The number of nitrogens with zero attached hydrogens (tertiary/aromatic N) is 1. The molecule has 4 saturated heterocycles. The minimum absolute atomic E-state index is 0.0480. The molecule has 4 rings (SSSR count). The molecule has 0 aromatic carbocycles. The van der Waals surface area contributed by atoms with Gasteiger partial charge in [0.15, 0.2) is 23.8 Å². The highest BCUT2D eigenvalue weighted by Gasteiger charge is 2.61. The van der Waals surface area contributed by atoms with Crippen LogP contribution in [0.3, 0.4) is 0 Å². The third kappa shape index (κ3) is 6.37.